The Morgan fingerprint density at radius 3 is 2.42 bits per heavy atom. The predicted molar refractivity (Wildman–Crippen MR) is 98.2 cm³/mol. The molecule has 0 aliphatic carbocycles. The summed E-state index contributed by atoms with van der Waals surface area (Å²) < 4.78 is 0. The number of carbonyl (C=O) groups excluding carboxylic acids is 1. The summed E-state index contributed by atoms with van der Waals surface area (Å²) >= 11 is 6.28. The highest BCUT2D eigenvalue weighted by Gasteiger charge is 2.30. The summed E-state index contributed by atoms with van der Waals surface area (Å²) in [5.41, 5.74) is 1.06. The molecule has 2 saturated heterocycles. The number of halogens is 1. The van der Waals surface area contributed by atoms with Crippen molar-refractivity contribution >= 4 is 23.2 Å². The number of carbonyl (C=O) groups is 1. The number of terminal acetylenes is 1. The van der Waals surface area contributed by atoms with Gasteiger partial charge in [-0.25, -0.2) is 0 Å². The Labute approximate surface area is 149 Å². The summed E-state index contributed by atoms with van der Waals surface area (Å²) in [4.78, 5) is 19.3. The number of piperidine rings is 1. The van der Waals surface area contributed by atoms with Crippen molar-refractivity contribution in [3.63, 3.8) is 0 Å². The number of benzene rings is 1. The van der Waals surface area contributed by atoms with Crippen LogP contribution in [0.15, 0.2) is 24.3 Å². The first-order chi connectivity index (χ1) is 11.7. The van der Waals surface area contributed by atoms with Crippen molar-refractivity contribution < 1.29 is 4.79 Å². The van der Waals surface area contributed by atoms with Crippen LogP contribution >= 0.6 is 11.6 Å². The zero-order chi connectivity index (χ0) is 16.9. The molecule has 1 aromatic rings. The Morgan fingerprint density at radius 1 is 1.12 bits per heavy atom. The lowest BCUT2D eigenvalue weighted by Gasteiger charge is -2.39. The third-order valence-electron chi connectivity index (χ3n) is 5.04. The van der Waals surface area contributed by atoms with Crippen molar-refractivity contribution in [3.8, 4) is 12.3 Å². The first-order valence-corrected chi connectivity index (χ1v) is 9.01. The van der Waals surface area contributed by atoms with Gasteiger partial charge in [-0.05, 0) is 38.1 Å². The fourth-order valence-electron chi connectivity index (χ4n) is 3.60. The van der Waals surface area contributed by atoms with E-state index in [9.17, 15) is 4.79 Å². The standard InChI is InChI=1S/C19H24ClN3O/c1-2-9-21-10-7-16(8-11-21)19(24)23-14-12-22(13-15-23)18-6-4-3-5-17(18)20/h1,3-6,16H,7-15H2. The Bertz CT molecular complexity index is 611. The summed E-state index contributed by atoms with van der Waals surface area (Å²) in [6.07, 6.45) is 7.21. The first-order valence-electron chi connectivity index (χ1n) is 8.63. The van der Waals surface area contributed by atoms with Gasteiger partial charge in [0.25, 0.3) is 0 Å². The number of hydrogen-bond acceptors (Lipinski definition) is 3. The van der Waals surface area contributed by atoms with Gasteiger partial charge in [-0.1, -0.05) is 29.7 Å². The minimum Gasteiger partial charge on any atom is -0.367 e. The molecule has 3 rings (SSSR count). The van der Waals surface area contributed by atoms with Gasteiger partial charge in [0, 0.05) is 32.1 Å². The molecule has 128 valence electrons. The second-order valence-electron chi connectivity index (χ2n) is 6.52. The van der Waals surface area contributed by atoms with Crippen LogP contribution in [-0.4, -0.2) is 61.5 Å². The Balaban J connectivity index is 1.51. The van der Waals surface area contributed by atoms with E-state index in [1.165, 1.54) is 0 Å². The highest BCUT2D eigenvalue weighted by Crippen LogP contribution is 2.27. The molecule has 0 spiro atoms. The average molecular weight is 346 g/mol. The van der Waals surface area contributed by atoms with Gasteiger partial charge in [-0.2, -0.15) is 0 Å². The minimum atomic E-state index is 0.158. The van der Waals surface area contributed by atoms with Gasteiger partial charge in [0.05, 0.1) is 17.3 Å². The number of rotatable bonds is 3. The number of likely N-dealkylation sites (tertiary alicyclic amines) is 1. The maximum absolute atomic E-state index is 12.8. The van der Waals surface area contributed by atoms with E-state index in [0.29, 0.717) is 12.5 Å². The Morgan fingerprint density at radius 2 is 1.79 bits per heavy atom. The smallest absolute Gasteiger partial charge is 0.225 e. The van der Waals surface area contributed by atoms with E-state index in [1.54, 1.807) is 0 Å². The highest BCUT2D eigenvalue weighted by atomic mass is 35.5. The lowest BCUT2D eigenvalue weighted by Crippen LogP contribution is -2.51. The van der Waals surface area contributed by atoms with Gasteiger partial charge in [0.1, 0.15) is 0 Å². The number of anilines is 1. The van der Waals surface area contributed by atoms with Gasteiger partial charge in [-0.3, -0.25) is 9.69 Å². The van der Waals surface area contributed by atoms with Gasteiger partial charge in [-0.15, -0.1) is 6.42 Å². The first kappa shape index (κ1) is 17.1. The van der Waals surface area contributed by atoms with Crippen LogP contribution in [0.4, 0.5) is 5.69 Å². The number of amides is 1. The molecule has 0 N–H and O–H groups in total. The van der Waals surface area contributed by atoms with Crippen molar-refractivity contribution in [2.24, 2.45) is 5.92 Å². The molecule has 0 aromatic heterocycles. The Hall–Kier alpha value is -1.70. The molecule has 5 heteroatoms. The van der Waals surface area contributed by atoms with E-state index in [4.69, 9.17) is 18.0 Å². The summed E-state index contributed by atoms with van der Waals surface area (Å²) in [6.45, 7) is 5.78. The number of piperazine rings is 1. The molecule has 24 heavy (non-hydrogen) atoms. The average Bonchev–Trinajstić information content (AvgIpc) is 2.63. The molecule has 4 nitrogen and oxygen atoms in total. The van der Waals surface area contributed by atoms with Crippen LogP contribution in [0.5, 0.6) is 0 Å². The summed E-state index contributed by atoms with van der Waals surface area (Å²) in [5.74, 6) is 3.16. The van der Waals surface area contributed by atoms with Gasteiger partial charge >= 0.3 is 0 Å². The molecule has 1 amide bonds. The molecular weight excluding hydrogens is 322 g/mol. The molecule has 2 aliphatic rings. The zero-order valence-electron chi connectivity index (χ0n) is 14.0. The van der Waals surface area contributed by atoms with E-state index in [1.807, 2.05) is 29.2 Å². The van der Waals surface area contributed by atoms with E-state index in [-0.39, 0.29) is 5.92 Å². The van der Waals surface area contributed by atoms with E-state index in [0.717, 1.165) is 62.8 Å². The van der Waals surface area contributed by atoms with E-state index < -0.39 is 0 Å². The summed E-state index contributed by atoms with van der Waals surface area (Å²) in [7, 11) is 0. The highest BCUT2D eigenvalue weighted by molar-refractivity contribution is 6.33. The third-order valence-corrected chi connectivity index (χ3v) is 5.36. The molecule has 2 fully saturated rings. The van der Waals surface area contributed by atoms with E-state index in [2.05, 4.69) is 15.7 Å². The monoisotopic (exact) mass is 345 g/mol. The third kappa shape index (κ3) is 3.85. The predicted octanol–water partition coefficient (Wildman–Crippen LogP) is 2.33. The molecule has 2 heterocycles. The molecule has 0 bridgehead atoms. The molecule has 0 radical (unpaired) electrons. The van der Waals surface area contributed by atoms with Crippen molar-refractivity contribution in [1.29, 1.82) is 0 Å². The van der Waals surface area contributed by atoms with Crippen LogP contribution in [-0.2, 0) is 4.79 Å². The van der Waals surface area contributed by atoms with Crippen molar-refractivity contribution in [2.75, 3.05) is 50.7 Å². The lowest BCUT2D eigenvalue weighted by atomic mass is 9.95. The fourth-order valence-corrected chi connectivity index (χ4v) is 3.86. The molecule has 0 unspecified atom stereocenters. The quantitative estimate of drug-likeness (QED) is 0.787. The molecule has 2 aliphatic heterocycles. The van der Waals surface area contributed by atoms with Crippen molar-refractivity contribution in [2.45, 2.75) is 12.8 Å². The normalized spacial score (nSPS) is 20.0. The Kier molecular flexibility index (Phi) is 5.65. The lowest BCUT2D eigenvalue weighted by molar-refractivity contribution is -0.137. The summed E-state index contributed by atoms with van der Waals surface area (Å²) in [6, 6.07) is 7.90. The van der Waals surface area contributed by atoms with Crippen molar-refractivity contribution in [3.05, 3.63) is 29.3 Å². The van der Waals surface area contributed by atoms with E-state index >= 15 is 0 Å². The minimum absolute atomic E-state index is 0.158. The van der Waals surface area contributed by atoms with Crippen LogP contribution in [0.3, 0.4) is 0 Å². The van der Waals surface area contributed by atoms with Crippen LogP contribution in [0.1, 0.15) is 12.8 Å². The molecule has 0 saturated carbocycles. The second kappa shape index (κ2) is 7.92. The molecule has 0 atom stereocenters. The molecule has 1 aromatic carbocycles. The SMILES string of the molecule is C#CCN1CCC(C(=O)N2CCN(c3ccccc3Cl)CC2)CC1. The molecular formula is C19H24ClN3O. The van der Waals surface area contributed by atoms with Crippen LogP contribution in [0, 0.1) is 18.3 Å². The van der Waals surface area contributed by atoms with Crippen LogP contribution in [0.2, 0.25) is 5.02 Å². The van der Waals surface area contributed by atoms with Crippen LogP contribution in [0.25, 0.3) is 0 Å². The van der Waals surface area contributed by atoms with Gasteiger partial charge < -0.3 is 9.80 Å². The number of para-hydroxylation sites is 1. The van der Waals surface area contributed by atoms with Gasteiger partial charge in [0.15, 0.2) is 0 Å². The second-order valence-corrected chi connectivity index (χ2v) is 6.93. The fraction of sp³-hybridized carbons (Fsp3) is 0.526. The number of nitrogens with zero attached hydrogens (tertiary/aromatic N) is 3. The summed E-state index contributed by atoms with van der Waals surface area (Å²) in [5, 5.41) is 0.776. The largest absolute Gasteiger partial charge is 0.367 e. The zero-order valence-corrected chi connectivity index (χ0v) is 14.7. The number of hydrogen-bond donors (Lipinski definition) is 0. The maximum atomic E-state index is 12.8. The van der Waals surface area contributed by atoms with Crippen molar-refractivity contribution in [1.82, 2.24) is 9.80 Å². The van der Waals surface area contributed by atoms with Gasteiger partial charge in [0.2, 0.25) is 5.91 Å². The van der Waals surface area contributed by atoms with Crippen LogP contribution < -0.4 is 4.90 Å². The maximum Gasteiger partial charge on any atom is 0.225 e. The topological polar surface area (TPSA) is 26.8 Å².